The van der Waals surface area contributed by atoms with Crippen LogP contribution in [0.2, 0.25) is 0 Å². The van der Waals surface area contributed by atoms with Crippen molar-refractivity contribution in [1.82, 2.24) is 15.5 Å². The van der Waals surface area contributed by atoms with Crippen LogP contribution in [0.3, 0.4) is 0 Å². The summed E-state index contributed by atoms with van der Waals surface area (Å²) in [6.07, 6.45) is 3.41. The van der Waals surface area contributed by atoms with E-state index >= 15 is 0 Å². The second-order valence-electron chi connectivity index (χ2n) is 6.75. The summed E-state index contributed by atoms with van der Waals surface area (Å²) in [6.45, 7) is 3.02. The summed E-state index contributed by atoms with van der Waals surface area (Å²) < 4.78 is 29.0. The number of aromatic amines is 1. The monoisotopic (exact) mass is 364 g/mol. The molecule has 0 saturated carbocycles. The van der Waals surface area contributed by atoms with Gasteiger partial charge in [0.2, 0.25) is 0 Å². The second kappa shape index (κ2) is 7.06. The Hall–Kier alpha value is -2.42. The molecule has 2 saturated heterocycles. The SMILES string of the molecule is Nc1n[nH]c2c(F)c(N3CCC(=NOC4CCNCC4)CC3)cc(F)c12. The Kier molecular flexibility index (Phi) is 4.62. The van der Waals surface area contributed by atoms with E-state index in [9.17, 15) is 8.78 Å². The van der Waals surface area contributed by atoms with Gasteiger partial charge in [0.05, 0.1) is 16.8 Å². The zero-order chi connectivity index (χ0) is 18.1. The Morgan fingerprint density at radius 1 is 1.23 bits per heavy atom. The van der Waals surface area contributed by atoms with Gasteiger partial charge in [-0.05, 0) is 25.9 Å². The first-order chi connectivity index (χ1) is 12.6. The van der Waals surface area contributed by atoms with Crippen molar-refractivity contribution in [2.24, 2.45) is 5.16 Å². The molecule has 26 heavy (non-hydrogen) atoms. The Morgan fingerprint density at radius 2 is 1.96 bits per heavy atom. The second-order valence-corrected chi connectivity index (χ2v) is 6.75. The molecule has 0 amide bonds. The summed E-state index contributed by atoms with van der Waals surface area (Å²) in [5.41, 5.74) is 6.78. The van der Waals surface area contributed by atoms with E-state index in [4.69, 9.17) is 10.6 Å². The zero-order valence-electron chi connectivity index (χ0n) is 14.4. The molecule has 4 rings (SSSR count). The van der Waals surface area contributed by atoms with Gasteiger partial charge in [-0.1, -0.05) is 5.16 Å². The van der Waals surface area contributed by atoms with Gasteiger partial charge in [0.25, 0.3) is 0 Å². The number of nitrogens with zero attached hydrogens (tertiary/aromatic N) is 3. The molecule has 4 N–H and O–H groups in total. The van der Waals surface area contributed by atoms with Crippen LogP contribution >= 0.6 is 0 Å². The maximum absolute atomic E-state index is 14.7. The van der Waals surface area contributed by atoms with Crippen molar-refractivity contribution in [3.8, 4) is 0 Å². The number of oxime groups is 1. The summed E-state index contributed by atoms with van der Waals surface area (Å²) in [5, 5.41) is 13.8. The fraction of sp³-hybridized carbons (Fsp3) is 0.529. The average Bonchev–Trinajstić information content (AvgIpc) is 3.07. The lowest BCUT2D eigenvalue weighted by Gasteiger charge is -2.30. The molecule has 9 heteroatoms. The number of hydrogen-bond acceptors (Lipinski definition) is 6. The average molecular weight is 364 g/mol. The fourth-order valence-electron chi connectivity index (χ4n) is 3.52. The van der Waals surface area contributed by atoms with Gasteiger partial charge >= 0.3 is 0 Å². The smallest absolute Gasteiger partial charge is 0.172 e. The van der Waals surface area contributed by atoms with Gasteiger partial charge in [0.1, 0.15) is 17.4 Å². The highest BCUT2D eigenvalue weighted by molar-refractivity contribution is 5.92. The van der Waals surface area contributed by atoms with Gasteiger partial charge in [-0.25, -0.2) is 8.78 Å². The molecule has 2 aliphatic rings. The highest BCUT2D eigenvalue weighted by Gasteiger charge is 2.24. The van der Waals surface area contributed by atoms with E-state index in [2.05, 4.69) is 20.7 Å². The van der Waals surface area contributed by atoms with Gasteiger partial charge in [-0.3, -0.25) is 5.10 Å². The van der Waals surface area contributed by atoms with Gasteiger partial charge < -0.3 is 20.8 Å². The van der Waals surface area contributed by atoms with Gasteiger partial charge in [-0.15, -0.1) is 0 Å². The molecule has 2 fully saturated rings. The van der Waals surface area contributed by atoms with E-state index in [1.54, 1.807) is 0 Å². The number of benzene rings is 1. The third-order valence-corrected chi connectivity index (χ3v) is 5.04. The molecule has 1 aromatic heterocycles. The summed E-state index contributed by atoms with van der Waals surface area (Å²) in [5.74, 6) is -1.14. The Morgan fingerprint density at radius 3 is 2.69 bits per heavy atom. The number of fused-ring (bicyclic) bond motifs is 1. The lowest BCUT2D eigenvalue weighted by molar-refractivity contribution is 0.0368. The van der Waals surface area contributed by atoms with Crippen LogP contribution in [0.5, 0.6) is 0 Å². The number of aromatic nitrogens is 2. The van der Waals surface area contributed by atoms with E-state index in [0.717, 1.165) is 31.6 Å². The number of halogens is 2. The van der Waals surface area contributed by atoms with E-state index in [1.165, 1.54) is 6.07 Å². The molecule has 3 heterocycles. The van der Waals surface area contributed by atoms with E-state index in [0.29, 0.717) is 25.9 Å². The number of anilines is 2. The van der Waals surface area contributed by atoms with Crippen molar-refractivity contribution in [1.29, 1.82) is 0 Å². The molecule has 0 atom stereocenters. The number of rotatable bonds is 3. The number of nitrogen functional groups attached to an aromatic ring is 1. The van der Waals surface area contributed by atoms with E-state index < -0.39 is 11.6 Å². The summed E-state index contributed by atoms with van der Waals surface area (Å²) in [6, 6.07) is 1.19. The summed E-state index contributed by atoms with van der Waals surface area (Å²) in [7, 11) is 0. The lowest BCUT2D eigenvalue weighted by Crippen LogP contribution is -2.35. The molecule has 2 aliphatic heterocycles. The van der Waals surface area contributed by atoms with Crippen LogP contribution in [0.4, 0.5) is 20.3 Å². The van der Waals surface area contributed by atoms with E-state index in [1.807, 2.05) is 4.90 Å². The molecule has 0 unspecified atom stereocenters. The summed E-state index contributed by atoms with van der Waals surface area (Å²) in [4.78, 5) is 7.45. The normalized spacial score (nSPS) is 19.2. The van der Waals surface area contributed by atoms with E-state index in [-0.39, 0.29) is 28.5 Å². The minimum Gasteiger partial charge on any atom is -0.392 e. The van der Waals surface area contributed by atoms with Crippen molar-refractivity contribution in [3.63, 3.8) is 0 Å². The number of piperidine rings is 2. The van der Waals surface area contributed by atoms with Crippen molar-refractivity contribution >= 4 is 28.1 Å². The third kappa shape index (κ3) is 3.18. The van der Waals surface area contributed by atoms with Crippen molar-refractivity contribution in [2.45, 2.75) is 31.8 Å². The molecule has 0 aliphatic carbocycles. The lowest BCUT2D eigenvalue weighted by atomic mass is 10.1. The Bertz CT molecular complexity index is 820. The van der Waals surface area contributed by atoms with Crippen LogP contribution in [0.15, 0.2) is 11.2 Å². The first kappa shape index (κ1) is 17.0. The minimum atomic E-state index is -0.573. The predicted molar refractivity (Wildman–Crippen MR) is 96.3 cm³/mol. The quantitative estimate of drug-likeness (QED) is 0.726. The number of nitrogens with one attached hydrogen (secondary N) is 2. The van der Waals surface area contributed by atoms with Crippen LogP contribution in [-0.2, 0) is 4.84 Å². The molecule has 7 nitrogen and oxygen atoms in total. The molecule has 0 radical (unpaired) electrons. The number of H-pyrrole nitrogens is 1. The van der Waals surface area contributed by atoms with Gasteiger partial charge in [-0.2, -0.15) is 5.10 Å². The largest absolute Gasteiger partial charge is 0.392 e. The first-order valence-corrected chi connectivity index (χ1v) is 8.92. The van der Waals surface area contributed by atoms with Crippen molar-refractivity contribution in [2.75, 3.05) is 36.8 Å². The molecule has 2 aromatic rings. The van der Waals surface area contributed by atoms with Crippen LogP contribution < -0.4 is 16.0 Å². The maximum atomic E-state index is 14.7. The molecule has 0 bridgehead atoms. The van der Waals surface area contributed by atoms with Crippen molar-refractivity contribution in [3.05, 3.63) is 17.7 Å². The van der Waals surface area contributed by atoms with Crippen LogP contribution in [-0.4, -0.2) is 48.2 Å². The third-order valence-electron chi connectivity index (χ3n) is 5.04. The van der Waals surface area contributed by atoms with Crippen LogP contribution in [0.1, 0.15) is 25.7 Å². The predicted octanol–water partition coefficient (Wildman–Crippen LogP) is 2.15. The van der Waals surface area contributed by atoms with Crippen molar-refractivity contribution < 1.29 is 13.6 Å². The number of hydrogen-bond donors (Lipinski definition) is 3. The topological polar surface area (TPSA) is 91.6 Å². The fourth-order valence-corrected chi connectivity index (χ4v) is 3.52. The molecule has 0 spiro atoms. The minimum absolute atomic E-state index is 0.000817. The summed E-state index contributed by atoms with van der Waals surface area (Å²) >= 11 is 0. The maximum Gasteiger partial charge on any atom is 0.172 e. The van der Waals surface area contributed by atoms with Crippen LogP contribution in [0.25, 0.3) is 10.9 Å². The Labute approximate surface area is 149 Å². The molecule has 140 valence electrons. The highest BCUT2D eigenvalue weighted by atomic mass is 19.1. The standard InChI is InChI=1S/C17H22F2N6O/c18-12-9-13(15(19)16-14(12)17(20)23-22-16)25-7-3-10(4-8-25)24-26-11-1-5-21-6-2-11/h9,11,21H,1-8H2,(H3,20,22,23). The molecular weight excluding hydrogens is 342 g/mol. The Balaban J connectivity index is 1.44. The number of nitrogens with two attached hydrogens (primary N) is 1. The van der Waals surface area contributed by atoms with Gasteiger partial charge in [0, 0.05) is 32.0 Å². The molecule has 1 aromatic carbocycles. The first-order valence-electron chi connectivity index (χ1n) is 8.92. The highest BCUT2D eigenvalue weighted by Crippen LogP contribution is 2.32. The zero-order valence-corrected chi connectivity index (χ0v) is 14.4. The van der Waals surface area contributed by atoms with Gasteiger partial charge in [0.15, 0.2) is 11.6 Å². The molecular formula is C17H22F2N6O. The van der Waals surface area contributed by atoms with Crippen LogP contribution in [0, 0.1) is 11.6 Å².